The summed E-state index contributed by atoms with van der Waals surface area (Å²) in [7, 11) is 0. The highest BCUT2D eigenvalue weighted by Crippen LogP contribution is 2.44. The van der Waals surface area contributed by atoms with E-state index in [2.05, 4.69) is 62.5 Å². The monoisotopic (exact) mass is 727 g/mol. The number of anilines is 2. The fourth-order valence-corrected chi connectivity index (χ4v) is 10.3. The van der Waals surface area contributed by atoms with Crippen LogP contribution in [0.2, 0.25) is 0 Å². The van der Waals surface area contributed by atoms with Gasteiger partial charge >= 0.3 is 0 Å². The van der Waals surface area contributed by atoms with E-state index in [-0.39, 0.29) is 24.1 Å². The standard InChI is InChI=1S/C45H53N5O4/c51-37-13-15-39-33(27-37)6-3-7-38(31-4-1-2-5-31)43(39)32-8-10-35(11-9-32)48-20-18-30(19-21-48)28-47-22-24-49(25-23-47)36-12-14-40-34(26-36)29-50(45(40)54)41-16-17-42(52)46-44(41)53/h8-15,26-27,30-31,41,51H,1-7,16-25,28-29H2,(H,46,52,53)/t41-/m0/s1. The second-order valence-corrected chi connectivity index (χ2v) is 16.6. The molecule has 3 aromatic carbocycles. The van der Waals surface area contributed by atoms with Gasteiger partial charge in [0.25, 0.3) is 5.91 Å². The topological polar surface area (TPSA) is 96.4 Å². The van der Waals surface area contributed by atoms with Gasteiger partial charge in [-0.05, 0) is 133 Å². The number of aryl methyl sites for hydroxylation is 1. The largest absolute Gasteiger partial charge is 0.508 e. The summed E-state index contributed by atoms with van der Waals surface area (Å²) >= 11 is 0. The van der Waals surface area contributed by atoms with Gasteiger partial charge in [-0.25, -0.2) is 0 Å². The van der Waals surface area contributed by atoms with Crippen molar-refractivity contribution in [2.75, 3.05) is 55.6 Å². The van der Waals surface area contributed by atoms with E-state index in [1.165, 1.54) is 66.5 Å². The van der Waals surface area contributed by atoms with Crippen molar-refractivity contribution >= 4 is 34.7 Å². The van der Waals surface area contributed by atoms with Crippen molar-refractivity contribution in [3.05, 3.63) is 94.1 Å². The van der Waals surface area contributed by atoms with Crippen LogP contribution in [-0.2, 0) is 22.6 Å². The number of piperidine rings is 2. The number of rotatable bonds is 7. The first-order chi connectivity index (χ1) is 26.4. The second kappa shape index (κ2) is 14.9. The normalized spacial score (nSPS) is 23.1. The number of nitrogens with zero attached hydrogens (tertiary/aromatic N) is 4. The number of benzene rings is 3. The summed E-state index contributed by atoms with van der Waals surface area (Å²) in [4.78, 5) is 46.5. The molecule has 0 aromatic heterocycles. The Hall–Kier alpha value is -4.63. The van der Waals surface area contributed by atoms with Crippen LogP contribution in [0, 0.1) is 11.8 Å². The highest BCUT2D eigenvalue weighted by atomic mass is 16.3. The van der Waals surface area contributed by atoms with Gasteiger partial charge in [-0.3, -0.25) is 24.6 Å². The molecule has 1 atom stereocenters. The summed E-state index contributed by atoms with van der Waals surface area (Å²) in [5.41, 5.74) is 11.1. The Balaban J connectivity index is 0.787. The predicted octanol–water partition coefficient (Wildman–Crippen LogP) is 6.52. The lowest BCUT2D eigenvalue weighted by molar-refractivity contribution is -0.136. The molecule has 6 aliphatic rings. The van der Waals surface area contributed by atoms with Gasteiger partial charge in [0.05, 0.1) is 0 Å². The minimum Gasteiger partial charge on any atom is -0.508 e. The van der Waals surface area contributed by atoms with E-state index in [1.807, 2.05) is 18.2 Å². The van der Waals surface area contributed by atoms with Gasteiger partial charge in [0.15, 0.2) is 0 Å². The van der Waals surface area contributed by atoms with E-state index in [4.69, 9.17) is 0 Å². The number of fused-ring (bicyclic) bond motifs is 2. The molecule has 0 unspecified atom stereocenters. The summed E-state index contributed by atoms with van der Waals surface area (Å²) in [6, 6.07) is 21.0. The maximum atomic E-state index is 13.2. The Morgan fingerprint density at radius 2 is 1.39 bits per heavy atom. The highest BCUT2D eigenvalue weighted by Gasteiger charge is 2.39. The third-order valence-corrected chi connectivity index (χ3v) is 13.3. The maximum Gasteiger partial charge on any atom is 0.255 e. The second-order valence-electron chi connectivity index (χ2n) is 16.6. The number of phenolic OH excluding ortho intramolecular Hbond substituents is 1. The number of imide groups is 1. The molecule has 0 bridgehead atoms. The van der Waals surface area contributed by atoms with Crippen molar-refractivity contribution < 1.29 is 19.5 Å². The molecule has 4 heterocycles. The van der Waals surface area contributed by atoms with E-state index in [0.29, 0.717) is 36.1 Å². The molecule has 0 radical (unpaired) electrons. The van der Waals surface area contributed by atoms with Crippen LogP contribution in [0.1, 0.15) is 96.8 Å². The molecule has 2 N–H and O–H groups in total. The zero-order chi connectivity index (χ0) is 36.8. The predicted molar refractivity (Wildman–Crippen MR) is 212 cm³/mol. The van der Waals surface area contributed by atoms with Crippen LogP contribution in [0.15, 0.2) is 66.2 Å². The van der Waals surface area contributed by atoms with Crippen molar-refractivity contribution in [1.29, 1.82) is 0 Å². The van der Waals surface area contributed by atoms with Gasteiger partial charge < -0.3 is 19.8 Å². The molecule has 4 aliphatic heterocycles. The first-order valence-electron chi connectivity index (χ1n) is 20.5. The van der Waals surface area contributed by atoms with Gasteiger partial charge in [-0.2, -0.15) is 0 Å². The molecule has 9 nitrogen and oxygen atoms in total. The van der Waals surface area contributed by atoms with Crippen molar-refractivity contribution in [2.45, 2.75) is 83.2 Å². The van der Waals surface area contributed by atoms with Crippen molar-refractivity contribution in [3.8, 4) is 5.75 Å². The number of hydrogen-bond donors (Lipinski definition) is 2. The maximum absolute atomic E-state index is 13.2. The Labute approximate surface area is 319 Å². The molecule has 9 rings (SSSR count). The minimum absolute atomic E-state index is 0.117. The Morgan fingerprint density at radius 3 is 2.15 bits per heavy atom. The lowest BCUT2D eigenvalue weighted by Crippen LogP contribution is -2.52. The van der Waals surface area contributed by atoms with Crippen LogP contribution in [0.3, 0.4) is 0 Å². The lowest BCUT2D eigenvalue weighted by Gasteiger charge is -2.40. The first kappa shape index (κ1) is 35.1. The molecule has 2 aliphatic carbocycles. The van der Waals surface area contributed by atoms with E-state index in [9.17, 15) is 19.5 Å². The summed E-state index contributed by atoms with van der Waals surface area (Å²) in [5, 5.41) is 12.7. The molecule has 3 saturated heterocycles. The van der Waals surface area contributed by atoms with Gasteiger partial charge in [0.1, 0.15) is 11.8 Å². The zero-order valence-corrected chi connectivity index (χ0v) is 31.4. The Bertz CT molecular complexity index is 1950. The molecule has 4 fully saturated rings. The molecule has 1 saturated carbocycles. The van der Waals surface area contributed by atoms with E-state index >= 15 is 0 Å². The number of phenols is 1. The van der Waals surface area contributed by atoms with E-state index in [1.54, 1.807) is 10.5 Å². The van der Waals surface area contributed by atoms with Crippen molar-refractivity contribution in [3.63, 3.8) is 0 Å². The third-order valence-electron chi connectivity index (χ3n) is 13.3. The summed E-state index contributed by atoms with van der Waals surface area (Å²) < 4.78 is 0. The highest BCUT2D eigenvalue weighted by molar-refractivity contribution is 6.05. The molecule has 54 heavy (non-hydrogen) atoms. The summed E-state index contributed by atoms with van der Waals surface area (Å²) in [6.07, 6.45) is 11.7. The molecule has 9 heteroatoms. The number of nitrogens with one attached hydrogen (secondary N) is 1. The number of carbonyl (C=O) groups is 3. The number of allylic oxidation sites excluding steroid dienone is 1. The van der Waals surface area contributed by atoms with Crippen LogP contribution in [0.5, 0.6) is 5.75 Å². The number of amides is 3. The van der Waals surface area contributed by atoms with E-state index in [0.717, 1.165) is 76.3 Å². The number of carbonyl (C=O) groups excluding carboxylic acids is 3. The average Bonchev–Trinajstić information content (AvgIpc) is 3.79. The number of piperazine rings is 1. The summed E-state index contributed by atoms with van der Waals surface area (Å²) in [6.45, 7) is 7.71. The molecule has 3 amide bonds. The van der Waals surface area contributed by atoms with Gasteiger partial charge in [-0.15, -0.1) is 0 Å². The fourth-order valence-electron chi connectivity index (χ4n) is 10.3. The third kappa shape index (κ3) is 6.91. The summed E-state index contributed by atoms with van der Waals surface area (Å²) in [5.74, 6) is 1.01. The number of aromatic hydroxyl groups is 1. The molecule has 3 aromatic rings. The fraction of sp³-hybridized carbons (Fsp3) is 0.489. The van der Waals surface area contributed by atoms with E-state index < -0.39 is 6.04 Å². The quantitative estimate of drug-likeness (QED) is 0.268. The average molecular weight is 728 g/mol. The van der Waals surface area contributed by atoms with Gasteiger partial charge in [0.2, 0.25) is 11.8 Å². The minimum atomic E-state index is -0.582. The van der Waals surface area contributed by atoms with Crippen LogP contribution >= 0.6 is 0 Å². The SMILES string of the molecule is O=C1CC[C@H](N2Cc3cc(N4CCN(CC5CCN(c6ccc(C7=C(C8CCCC8)CCCc8cc(O)ccc87)cc6)CC5)CC4)ccc3C2=O)C(=O)N1. The van der Waals surface area contributed by atoms with Crippen molar-refractivity contribution in [1.82, 2.24) is 15.1 Å². The molecular formula is C45H53N5O4. The molecule has 282 valence electrons. The first-order valence-corrected chi connectivity index (χ1v) is 20.5. The molecular weight excluding hydrogens is 675 g/mol. The van der Waals surface area contributed by atoms with Crippen LogP contribution in [0.4, 0.5) is 11.4 Å². The molecule has 0 spiro atoms. The number of hydrogen-bond acceptors (Lipinski definition) is 7. The van der Waals surface area contributed by atoms with Gasteiger partial charge in [0, 0.05) is 75.7 Å². The Kier molecular flexibility index (Phi) is 9.68. The van der Waals surface area contributed by atoms with Crippen LogP contribution in [0.25, 0.3) is 5.57 Å². The van der Waals surface area contributed by atoms with Crippen LogP contribution in [-0.4, -0.2) is 84.5 Å². The Morgan fingerprint density at radius 1 is 0.667 bits per heavy atom. The zero-order valence-electron chi connectivity index (χ0n) is 31.4. The smallest absolute Gasteiger partial charge is 0.255 e. The van der Waals surface area contributed by atoms with Crippen LogP contribution < -0.4 is 15.1 Å². The lowest BCUT2D eigenvalue weighted by atomic mass is 9.84. The van der Waals surface area contributed by atoms with Crippen molar-refractivity contribution in [2.24, 2.45) is 11.8 Å². The van der Waals surface area contributed by atoms with Gasteiger partial charge in [-0.1, -0.05) is 36.6 Å².